The normalized spacial score (nSPS) is 1.33. The molecule has 5 N–H and O–H groups in total. The zero-order valence-electron chi connectivity index (χ0n) is 2.88. The van der Waals surface area contributed by atoms with E-state index >= 15 is 0 Å². The van der Waals surface area contributed by atoms with Gasteiger partial charge in [0.2, 0.25) is 0 Å². The Hall–Kier alpha value is 0.560. The largest absolute Gasteiger partial charge is 0.412 e. The molecule has 0 aromatic rings. The van der Waals surface area contributed by atoms with Crippen LogP contribution in [0.3, 0.4) is 0 Å². The summed E-state index contributed by atoms with van der Waals surface area (Å²) in [5, 5.41) is 0. The summed E-state index contributed by atoms with van der Waals surface area (Å²) in [4.78, 5) is 16.2. The van der Waals surface area contributed by atoms with E-state index in [0.717, 1.165) is 0 Å². The van der Waals surface area contributed by atoms with E-state index in [1.54, 1.807) is 0 Å². The van der Waals surface area contributed by atoms with E-state index in [9.17, 15) is 0 Å². The minimum absolute atomic E-state index is 0. The van der Waals surface area contributed by atoms with Crippen LogP contribution in [-0.4, -0.2) is 11.6 Å². The van der Waals surface area contributed by atoms with Gasteiger partial charge < -0.3 is 11.6 Å². The van der Waals surface area contributed by atoms with E-state index in [1.807, 2.05) is 0 Å². The Bertz CT molecular complexity index is 31.8. The molecule has 0 aliphatic rings. The van der Waals surface area contributed by atoms with Crippen molar-refractivity contribution in [3.8, 4) is 0 Å². The zero-order valence-corrected chi connectivity index (χ0v) is 3.58. The van der Waals surface area contributed by atoms with E-state index < -0.39 is 0 Å². The molecule has 0 heterocycles. The van der Waals surface area contributed by atoms with Crippen LogP contribution in [0.25, 0.3) is 0 Å². The van der Waals surface area contributed by atoms with Crippen LogP contribution >= 0.6 is 0 Å². The van der Waals surface area contributed by atoms with Crippen LogP contribution in [0.4, 0.5) is 0 Å². The van der Waals surface area contributed by atoms with Crippen LogP contribution < -0.4 is 6.15 Å². The van der Waals surface area contributed by atoms with Crippen molar-refractivity contribution in [3.05, 3.63) is 0 Å². The van der Waals surface area contributed by atoms with Crippen LogP contribution in [-0.2, 0) is 9.59 Å². The summed E-state index contributed by atoms with van der Waals surface area (Å²) in [5.74, 6) is 0. The third-order valence-corrected chi connectivity index (χ3v) is 0. The van der Waals surface area contributed by atoms with Crippen molar-refractivity contribution < 1.29 is 52.8 Å². The zero-order chi connectivity index (χ0) is 2.71. The molecule has 0 atom stereocenters. The fraction of sp³-hybridized carbons (Fsp3) is 0. The maximum Gasteiger partial charge on any atom is 0.373 e. The summed E-state index contributed by atoms with van der Waals surface area (Å²) >= 11 is 0. The molecule has 0 saturated heterocycles. The van der Waals surface area contributed by atoms with Gasteiger partial charge in [-0.05, 0) is 0 Å². The first-order valence-corrected chi connectivity index (χ1v) is 0.408. The average Bonchev–Trinajstić information content (AvgIpc) is 0.918. The van der Waals surface area contributed by atoms with E-state index in [-0.39, 0.29) is 55.5 Å². The molecule has 0 aliphatic carbocycles. The van der Waals surface area contributed by atoms with Crippen LogP contribution in [0, 0.1) is 37.7 Å². The Kier molecular flexibility index (Phi) is 245. The Labute approximate surface area is 64.8 Å². The molecule has 0 spiro atoms. The predicted molar refractivity (Wildman–Crippen MR) is 13.6 cm³/mol. The first-order chi connectivity index (χ1) is 1.41. The van der Waals surface area contributed by atoms with Gasteiger partial charge in [-0.15, -0.1) is 0 Å². The molecule has 0 bridgehead atoms. The second-order valence-electron chi connectivity index (χ2n) is 0.0833. The van der Waals surface area contributed by atoms with Gasteiger partial charge in [-0.1, -0.05) is 0 Å². The molecule has 40 valence electrons. The van der Waals surface area contributed by atoms with Gasteiger partial charge in [-0.25, -0.2) is 0 Å². The van der Waals surface area contributed by atoms with Crippen LogP contribution in [0.5, 0.6) is 0 Å². The number of hydrogen-bond donors (Lipinski definition) is 1. The van der Waals surface area contributed by atoms with E-state index in [0.29, 0.717) is 0 Å². The maximum atomic E-state index is 8.12. The first-order valence-electron chi connectivity index (χ1n) is 0.408. The topological polar surface area (TPSA) is 101 Å². The van der Waals surface area contributed by atoms with Crippen LogP contribution in [0.1, 0.15) is 0 Å². The quantitative estimate of drug-likeness (QED) is 0.431. The van der Waals surface area contributed by atoms with Gasteiger partial charge in [0.25, 0.3) is 0 Å². The Morgan fingerprint density at radius 1 is 1.17 bits per heavy atom. The number of rotatable bonds is 0. The maximum absolute atomic E-state index is 8.12. The molecule has 0 rings (SSSR count). The summed E-state index contributed by atoms with van der Waals surface area (Å²) in [7, 11) is 0. The van der Waals surface area contributed by atoms with Crippen molar-refractivity contribution in [1.29, 1.82) is 0 Å². The van der Waals surface area contributed by atoms with E-state index in [2.05, 4.69) is 0 Å². The third kappa shape index (κ3) is 184. The molecule has 5 heteroatoms. The minimum Gasteiger partial charge on any atom is -0.412 e. The van der Waals surface area contributed by atoms with Gasteiger partial charge in [0, 0.05) is 37.7 Å². The Morgan fingerprint density at radius 3 is 1.17 bits per heavy atom. The van der Waals surface area contributed by atoms with E-state index in [4.69, 9.17) is 9.59 Å². The molecular weight excluding hydrogens is 114 g/mol. The second-order valence-corrected chi connectivity index (χ2v) is 0.0833. The van der Waals surface area contributed by atoms with Crippen molar-refractivity contribution in [2.45, 2.75) is 0 Å². The van der Waals surface area contributed by atoms with Crippen molar-refractivity contribution in [2.24, 2.45) is 0 Å². The van der Waals surface area contributed by atoms with E-state index in [1.165, 1.54) is 0 Å². The third-order valence-electron chi connectivity index (χ3n) is 0. The minimum atomic E-state index is 0. The average molecular weight is 119 g/mol. The Balaban J connectivity index is -0.00000000667. The first kappa shape index (κ1) is 30.9. The monoisotopic (exact) mass is 119 g/mol. The van der Waals surface area contributed by atoms with Gasteiger partial charge in [0.05, 0.1) is 0 Å². The predicted octanol–water partition coefficient (Wildman–Crippen LogP) is -1.25. The molecule has 4 nitrogen and oxygen atoms in total. The standard InChI is InChI=1S/CO2.Ar.H3N.H2O/c2-1-3;;;/h;;1H3;1H2. The summed E-state index contributed by atoms with van der Waals surface area (Å²) in [6.45, 7) is 0. The number of carbonyl (C=O) groups excluding carboxylic acids is 2. The molecule has 0 saturated carbocycles. The SMILES string of the molecule is N.O.O=C=O.[Ar]. The molecule has 0 amide bonds. The molecule has 0 fully saturated rings. The fourth-order valence-electron chi connectivity index (χ4n) is 0. The van der Waals surface area contributed by atoms with Crippen LogP contribution in [0.15, 0.2) is 0 Å². The van der Waals surface area contributed by atoms with Crippen LogP contribution in [0.2, 0.25) is 0 Å². The molecule has 0 aromatic heterocycles. The summed E-state index contributed by atoms with van der Waals surface area (Å²) in [5.41, 5.74) is 0. The molecule has 0 unspecified atom stereocenters. The van der Waals surface area contributed by atoms with Gasteiger partial charge in [0.15, 0.2) is 0 Å². The summed E-state index contributed by atoms with van der Waals surface area (Å²) in [6.07, 6.45) is 0.250. The smallest absolute Gasteiger partial charge is 0.373 e. The number of hydrogen-bond acceptors (Lipinski definition) is 3. The molecule has 6 heavy (non-hydrogen) atoms. The van der Waals surface area contributed by atoms with Gasteiger partial charge >= 0.3 is 6.15 Å². The molecule has 0 radical (unpaired) electrons. The van der Waals surface area contributed by atoms with Crippen molar-refractivity contribution >= 4 is 6.15 Å². The Morgan fingerprint density at radius 2 is 1.17 bits per heavy atom. The van der Waals surface area contributed by atoms with Crippen molar-refractivity contribution in [3.63, 3.8) is 0 Å². The molecule has 0 aliphatic heterocycles. The second kappa shape index (κ2) is 47.5. The van der Waals surface area contributed by atoms with Gasteiger partial charge in [0.1, 0.15) is 0 Å². The fourth-order valence-corrected chi connectivity index (χ4v) is 0. The molecular formula is CH5ArNO3. The molecule has 0 aromatic carbocycles. The van der Waals surface area contributed by atoms with Crippen molar-refractivity contribution in [1.82, 2.24) is 6.15 Å². The van der Waals surface area contributed by atoms with Gasteiger partial charge in [-0.3, -0.25) is 0 Å². The summed E-state index contributed by atoms with van der Waals surface area (Å²) < 4.78 is 0. The van der Waals surface area contributed by atoms with Gasteiger partial charge in [-0.2, -0.15) is 9.59 Å². The van der Waals surface area contributed by atoms with Crippen molar-refractivity contribution in [2.75, 3.05) is 0 Å². The summed E-state index contributed by atoms with van der Waals surface area (Å²) in [6, 6.07) is 0.